The lowest BCUT2D eigenvalue weighted by atomic mass is 10.1. The van der Waals surface area contributed by atoms with E-state index in [9.17, 15) is 15.0 Å². The van der Waals surface area contributed by atoms with Gasteiger partial charge in [0.05, 0.1) is 39.3 Å². The summed E-state index contributed by atoms with van der Waals surface area (Å²) in [5, 5.41) is 29.5. The van der Waals surface area contributed by atoms with Gasteiger partial charge >= 0.3 is 6.09 Å². The van der Waals surface area contributed by atoms with E-state index >= 15 is 0 Å². The maximum absolute atomic E-state index is 11.9. The van der Waals surface area contributed by atoms with Crippen LogP contribution < -0.4 is 15.4 Å². The number of aromatic nitrogens is 5. The number of anilines is 2. The second kappa shape index (κ2) is 13.6. The number of pyridine rings is 1. The van der Waals surface area contributed by atoms with E-state index in [1.807, 2.05) is 12.3 Å². The molecule has 0 spiro atoms. The molecule has 0 radical (unpaired) electrons. The summed E-state index contributed by atoms with van der Waals surface area (Å²) in [7, 11) is 2.93. The fraction of sp³-hybridized carbons (Fsp3) is 0.607. The average Bonchev–Trinajstić information content (AvgIpc) is 3.69. The number of carbonyl (C=O) groups is 1. The normalized spacial score (nSPS) is 19.4. The third kappa shape index (κ3) is 6.56. The molecule has 0 saturated carbocycles. The molecule has 3 aromatic rings. The lowest BCUT2D eigenvalue weighted by molar-refractivity contribution is 0.104. The maximum Gasteiger partial charge on any atom is 0.413 e. The Labute approximate surface area is 245 Å². The third-order valence-electron chi connectivity index (χ3n) is 8.10. The summed E-state index contributed by atoms with van der Waals surface area (Å²) in [5.74, 6) is 1.31. The number of ether oxygens (including phenoxy) is 2. The molecule has 0 unspecified atom stereocenters. The zero-order valence-electron chi connectivity index (χ0n) is 24.5. The van der Waals surface area contributed by atoms with Crippen LogP contribution in [0.5, 0.6) is 5.75 Å². The first-order valence-electron chi connectivity index (χ1n) is 14.5. The predicted molar refractivity (Wildman–Crippen MR) is 157 cm³/mol. The van der Waals surface area contributed by atoms with Gasteiger partial charge in [-0.3, -0.25) is 24.8 Å². The van der Waals surface area contributed by atoms with Crippen molar-refractivity contribution in [2.45, 2.75) is 63.8 Å². The molecule has 2 aliphatic rings. The van der Waals surface area contributed by atoms with E-state index in [-0.39, 0.29) is 25.2 Å². The van der Waals surface area contributed by atoms with Gasteiger partial charge < -0.3 is 25.0 Å². The van der Waals surface area contributed by atoms with Gasteiger partial charge in [0.2, 0.25) is 5.95 Å². The Morgan fingerprint density at radius 2 is 1.90 bits per heavy atom. The third-order valence-corrected chi connectivity index (χ3v) is 8.10. The van der Waals surface area contributed by atoms with Gasteiger partial charge in [-0.2, -0.15) is 10.1 Å². The molecule has 5 heterocycles. The molecule has 4 N–H and O–H groups in total. The van der Waals surface area contributed by atoms with Crippen LogP contribution in [0, 0.1) is 0 Å². The van der Waals surface area contributed by atoms with Crippen LogP contribution >= 0.6 is 0 Å². The fourth-order valence-electron chi connectivity index (χ4n) is 6.10. The van der Waals surface area contributed by atoms with Crippen LogP contribution in [0.2, 0.25) is 0 Å². The van der Waals surface area contributed by atoms with Gasteiger partial charge in [-0.1, -0.05) is 13.3 Å². The van der Waals surface area contributed by atoms with E-state index in [0.717, 1.165) is 62.4 Å². The van der Waals surface area contributed by atoms with Crippen molar-refractivity contribution in [2.75, 3.05) is 57.7 Å². The fourth-order valence-corrected chi connectivity index (χ4v) is 6.10. The first-order valence-corrected chi connectivity index (χ1v) is 14.5. The van der Waals surface area contributed by atoms with Gasteiger partial charge in [-0.25, -0.2) is 9.78 Å². The number of likely N-dealkylation sites (tertiary alicyclic amines) is 2. The number of aliphatic hydroxyl groups excluding tert-OH is 2. The molecular formula is C28H41N9O5. The monoisotopic (exact) mass is 583 g/mol. The van der Waals surface area contributed by atoms with Crippen LogP contribution in [0.1, 0.15) is 43.9 Å². The lowest BCUT2D eigenvalue weighted by Gasteiger charge is -2.33. The Balaban J connectivity index is 1.38. The van der Waals surface area contributed by atoms with Crippen molar-refractivity contribution in [3.8, 4) is 5.75 Å². The summed E-state index contributed by atoms with van der Waals surface area (Å²) < 4.78 is 12.3. The number of piperazine rings is 1. The van der Waals surface area contributed by atoms with Gasteiger partial charge in [-0.15, -0.1) is 0 Å². The second-order valence-electron chi connectivity index (χ2n) is 10.9. The highest BCUT2D eigenvalue weighted by molar-refractivity contribution is 5.89. The summed E-state index contributed by atoms with van der Waals surface area (Å²) in [6, 6.07) is 2.94. The molecule has 2 aliphatic heterocycles. The van der Waals surface area contributed by atoms with Crippen molar-refractivity contribution < 1.29 is 24.5 Å². The topological polar surface area (TPSA) is 163 Å². The van der Waals surface area contributed by atoms with Crippen LogP contribution in [-0.4, -0.2) is 116 Å². The molecule has 2 bridgehead atoms. The van der Waals surface area contributed by atoms with Crippen LogP contribution in [0.3, 0.4) is 0 Å². The molecule has 42 heavy (non-hydrogen) atoms. The number of methoxy groups -OCH3 is 2. The van der Waals surface area contributed by atoms with E-state index in [1.54, 1.807) is 18.0 Å². The molecule has 1 amide bonds. The van der Waals surface area contributed by atoms with Crippen LogP contribution in [-0.2, 0) is 17.8 Å². The van der Waals surface area contributed by atoms with Crippen molar-refractivity contribution in [1.82, 2.24) is 34.5 Å². The molecular weight excluding hydrogens is 542 g/mol. The summed E-state index contributed by atoms with van der Waals surface area (Å²) in [6.07, 6.45) is 6.22. The number of fused-ring (bicyclic) bond motifs is 3. The van der Waals surface area contributed by atoms with E-state index < -0.39 is 6.09 Å². The predicted octanol–water partition coefficient (Wildman–Crippen LogP) is 1.67. The van der Waals surface area contributed by atoms with Crippen molar-refractivity contribution in [3.05, 3.63) is 29.7 Å². The van der Waals surface area contributed by atoms with Gasteiger partial charge in [0.25, 0.3) is 0 Å². The minimum atomic E-state index is -0.673. The molecule has 0 aromatic carbocycles. The summed E-state index contributed by atoms with van der Waals surface area (Å²) in [4.78, 5) is 30.5. The highest BCUT2D eigenvalue weighted by atomic mass is 16.5. The van der Waals surface area contributed by atoms with Crippen molar-refractivity contribution in [2.24, 2.45) is 0 Å². The highest BCUT2D eigenvalue weighted by Crippen LogP contribution is 2.32. The average molecular weight is 584 g/mol. The van der Waals surface area contributed by atoms with Crippen molar-refractivity contribution in [3.63, 3.8) is 0 Å². The van der Waals surface area contributed by atoms with E-state index in [2.05, 4.69) is 42.4 Å². The number of aliphatic hydroxyl groups is 2. The quantitative estimate of drug-likeness (QED) is 0.217. The Hall–Kier alpha value is -3.59. The molecule has 3 atom stereocenters. The van der Waals surface area contributed by atoms with Crippen LogP contribution in [0.4, 0.5) is 16.6 Å². The van der Waals surface area contributed by atoms with Crippen molar-refractivity contribution >= 4 is 28.9 Å². The molecule has 228 valence electrons. The molecule has 3 aromatic heterocycles. The number of rotatable bonds is 14. The molecule has 14 heteroatoms. The Morgan fingerprint density at radius 1 is 1.10 bits per heavy atom. The summed E-state index contributed by atoms with van der Waals surface area (Å²) >= 11 is 0. The minimum Gasteiger partial charge on any atom is -0.496 e. The standard InChI is InChI=1S/C28H41N9O5/c1-4-5-19(6-8-38)31-26-25-23(32-27(33-26)34-28(40)42-3)13-30-37(25)14-18-12-29-20(10-24(18)41-2)15-36-17-21-11-22(36)16-35(21)7-9-39/h10,12-13,19,21-22,38-39H,4-9,11,14-17H2,1-3H3,(H2,31,32,33,34,40)/t19-,21+,22+/m0/s1. The minimum absolute atomic E-state index is 0.0283. The Morgan fingerprint density at radius 3 is 2.60 bits per heavy atom. The molecule has 2 fully saturated rings. The van der Waals surface area contributed by atoms with Gasteiger partial charge in [0.15, 0.2) is 5.82 Å². The number of carbonyl (C=O) groups excluding carboxylic acids is 1. The van der Waals surface area contributed by atoms with Gasteiger partial charge in [0, 0.05) is 68.7 Å². The maximum atomic E-state index is 11.9. The SMILES string of the molecule is CCC[C@@H](CCO)Nc1nc(NC(=O)OC)nc2cnn(Cc3cnc(CN4C[C@H]5C[C@@H]4CN5CCO)cc3OC)c12. The Kier molecular flexibility index (Phi) is 9.67. The molecule has 0 aliphatic carbocycles. The first kappa shape index (κ1) is 29.9. The number of hydrogen-bond donors (Lipinski definition) is 4. The highest BCUT2D eigenvalue weighted by Gasteiger charge is 2.42. The van der Waals surface area contributed by atoms with Crippen LogP contribution in [0.25, 0.3) is 11.0 Å². The zero-order valence-corrected chi connectivity index (χ0v) is 24.5. The number of nitrogens with zero attached hydrogens (tertiary/aromatic N) is 7. The molecule has 2 saturated heterocycles. The Bertz CT molecular complexity index is 1360. The first-order chi connectivity index (χ1) is 20.5. The number of amides is 1. The summed E-state index contributed by atoms with van der Waals surface area (Å²) in [6.45, 7) is 6.14. The van der Waals surface area contributed by atoms with E-state index in [1.165, 1.54) is 7.11 Å². The zero-order chi connectivity index (χ0) is 29.6. The van der Waals surface area contributed by atoms with Gasteiger partial charge in [0.1, 0.15) is 16.8 Å². The number of nitrogens with one attached hydrogen (secondary N) is 2. The molecule has 5 rings (SSSR count). The van der Waals surface area contributed by atoms with E-state index in [0.29, 0.717) is 41.9 Å². The lowest BCUT2D eigenvalue weighted by Crippen LogP contribution is -2.46. The summed E-state index contributed by atoms with van der Waals surface area (Å²) in [5.41, 5.74) is 3.00. The van der Waals surface area contributed by atoms with Crippen molar-refractivity contribution in [1.29, 1.82) is 0 Å². The largest absolute Gasteiger partial charge is 0.496 e. The van der Waals surface area contributed by atoms with E-state index in [4.69, 9.17) is 14.5 Å². The number of β-amino-alcohol motifs (C(OH)–C–C–N with tert-alkyl or cyclic N) is 1. The second-order valence-corrected chi connectivity index (χ2v) is 10.9. The number of hydrogen-bond acceptors (Lipinski definition) is 12. The van der Waals surface area contributed by atoms with Gasteiger partial charge in [-0.05, 0) is 19.3 Å². The van der Waals surface area contributed by atoms with Crippen LogP contribution in [0.15, 0.2) is 18.5 Å². The smallest absolute Gasteiger partial charge is 0.413 e. The molecule has 14 nitrogen and oxygen atoms in total.